The van der Waals surface area contributed by atoms with Crippen LogP contribution in [-0.4, -0.2) is 55.1 Å². The Morgan fingerprint density at radius 1 is 1.07 bits per heavy atom. The van der Waals surface area contributed by atoms with E-state index in [0.29, 0.717) is 6.04 Å². The third kappa shape index (κ3) is 3.26. The van der Waals surface area contributed by atoms with Crippen LogP contribution < -0.4 is 0 Å². The minimum atomic E-state index is 0.344. The fourth-order valence-corrected chi connectivity index (χ4v) is 5.07. The fraction of sp³-hybridized carbons (Fsp3) is 0.350. The van der Waals surface area contributed by atoms with Crippen LogP contribution in [0.15, 0.2) is 48.7 Å². The van der Waals surface area contributed by atoms with Crippen LogP contribution in [0.5, 0.6) is 0 Å². The van der Waals surface area contributed by atoms with Crippen molar-refractivity contribution in [1.29, 1.82) is 0 Å². The molecule has 144 valence electrons. The summed E-state index contributed by atoms with van der Waals surface area (Å²) in [7, 11) is 0. The van der Waals surface area contributed by atoms with E-state index in [1.54, 1.807) is 0 Å². The Bertz CT molecular complexity index is 1140. The number of benzene rings is 1. The maximum absolute atomic E-state index is 5.58. The summed E-state index contributed by atoms with van der Waals surface area (Å²) in [6.45, 7) is 7.07. The number of rotatable bonds is 4. The lowest BCUT2D eigenvalue weighted by atomic mass is 10.2. The number of aromatic nitrogens is 4. The van der Waals surface area contributed by atoms with Crippen molar-refractivity contribution >= 4 is 39.4 Å². The molecule has 0 bridgehead atoms. The van der Waals surface area contributed by atoms with E-state index in [1.807, 2.05) is 44.8 Å². The molecule has 1 atom stereocenters. The highest BCUT2D eigenvalue weighted by Crippen LogP contribution is 2.29. The number of thiazole rings is 1. The highest BCUT2D eigenvalue weighted by molar-refractivity contribution is 7.71. The van der Waals surface area contributed by atoms with Gasteiger partial charge in [-0.05, 0) is 43.4 Å². The molecular formula is C20H22N6S2. The van der Waals surface area contributed by atoms with Crippen LogP contribution in [-0.2, 0) is 6.67 Å². The predicted molar refractivity (Wildman–Crippen MR) is 115 cm³/mol. The summed E-state index contributed by atoms with van der Waals surface area (Å²) in [5, 5.41) is 5.85. The van der Waals surface area contributed by atoms with Crippen molar-refractivity contribution in [2.24, 2.45) is 0 Å². The number of hydrogen-bond donors (Lipinski definition) is 0. The molecule has 0 saturated carbocycles. The van der Waals surface area contributed by atoms with Gasteiger partial charge in [0, 0.05) is 32.4 Å². The van der Waals surface area contributed by atoms with Crippen LogP contribution >= 0.6 is 23.6 Å². The summed E-state index contributed by atoms with van der Waals surface area (Å²) in [6, 6.07) is 14.7. The van der Waals surface area contributed by atoms with Crippen molar-refractivity contribution in [3.63, 3.8) is 0 Å². The summed E-state index contributed by atoms with van der Waals surface area (Å²) in [5.41, 5.74) is 2.00. The molecule has 0 spiro atoms. The Labute approximate surface area is 172 Å². The van der Waals surface area contributed by atoms with E-state index in [9.17, 15) is 0 Å². The van der Waals surface area contributed by atoms with Gasteiger partial charge in [-0.1, -0.05) is 18.2 Å². The molecule has 1 aliphatic rings. The van der Waals surface area contributed by atoms with Crippen molar-refractivity contribution in [2.75, 3.05) is 26.2 Å². The predicted octanol–water partition coefficient (Wildman–Crippen LogP) is 3.81. The molecule has 0 amide bonds. The quantitative estimate of drug-likeness (QED) is 0.479. The first kappa shape index (κ1) is 17.9. The molecule has 6 nitrogen and oxygen atoms in total. The maximum Gasteiger partial charge on any atom is 0.203 e. The first-order chi connectivity index (χ1) is 13.7. The van der Waals surface area contributed by atoms with Crippen LogP contribution in [0.25, 0.3) is 15.9 Å². The van der Waals surface area contributed by atoms with Crippen LogP contribution in [0.3, 0.4) is 0 Å². The second-order valence-electron chi connectivity index (χ2n) is 7.20. The van der Waals surface area contributed by atoms with Crippen molar-refractivity contribution in [1.82, 2.24) is 29.0 Å². The standard InChI is InChI=1S/C20H22N6S2/c1-15(19-21-16-6-2-3-7-17(16)28-19)24-12-10-23(11-13-24)14-26-20(27)25-9-5-4-8-18(25)22-26/h2-9,15H,10-14H2,1H3. The van der Waals surface area contributed by atoms with E-state index in [4.69, 9.17) is 17.2 Å². The summed E-state index contributed by atoms with van der Waals surface area (Å²) >= 11 is 7.38. The maximum atomic E-state index is 5.58. The number of nitrogens with zero attached hydrogens (tertiary/aromatic N) is 6. The Morgan fingerprint density at radius 2 is 1.86 bits per heavy atom. The van der Waals surface area contributed by atoms with E-state index in [1.165, 1.54) is 9.71 Å². The van der Waals surface area contributed by atoms with Gasteiger partial charge in [-0.3, -0.25) is 14.2 Å². The van der Waals surface area contributed by atoms with Gasteiger partial charge < -0.3 is 0 Å². The van der Waals surface area contributed by atoms with Gasteiger partial charge in [0.15, 0.2) is 5.65 Å². The lowest BCUT2D eigenvalue weighted by Crippen LogP contribution is -2.47. The molecule has 4 aromatic rings. The minimum absolute atomic E-state index is 0.344. The summed E-state index contributed by atoms with van der Waals surface area (Å²) in [6.07, 6.45) is 1.97. The molecule has 1 fully saturated rings. The zero-order chi connectivity index (χ0) is 19.1. The first-order valence-corrected chi connectivity index (χ1v) is 10.8. The van der Waals surface area contributed by atoms with Crippen LogP contribution in [0.1, 0.15) is 18.0 Å². The monoisotopic (exact) mass is 410 g/mol. The second kappa shape index (κ2) is 7.36. The van der Waals surface area contributed by atoms with E-state index in [-0.39, 0.29) is 0 Å². The molecule has 3 aromatic heterocycles. The molecule has 1 unspecified atom stereocenters. The number of para-hydroxylation sites is 1. The Morgan fingerprint density at radius 3 is 2.64 bits per heavy atom. The topological polar surface area (TPSA) is 41.6 Å². The second-order valence-corrected chi connectivity index (χ2v) is 8.63. The number of fused-ring (bicyclic) bond motifs is 2. The average Bonchev–Trinajstić information content (AvgIpc) is 3.30. The van der Waals surface area contributed by atoms with Gasteiger partial charge >= 0.3 is 0 Å². The zero-order valence-corrected chi connectivity index (χ0v) is 17.4. The SMILES string of the molecule is CC(c1nc2ccccc2s1)N1CCN(Cn2nc3ccccn3c2=S)CC1. The highest BCUT2D eigenvalue weighted by Gasteiger charge is 2.24. The van der Waals surface area contributed by atoms with Crippen LogP contribution in [0, 0.1) is 4.77 Å². The summed E-state index contributed by atoms with van der Waals surface area (Å²) in [4.78, 5) is 9.79. The normalized spacial score (nSPS) is 17.5. The van der Waals surface area contributed by atoms with Gasteiger partial charge in [-0.25, -0.2) is 9.67 Å². The smallest absolute Gasteiger partial charge is 0.203 e. The number of hydrogen-bond acceptors (Lipinski definition) is 6. The first-order valence-electron chi connectivity index (χ1n) is 9.55. The Balaban J connectivity index is 1.25. The highest BCUT2D eigenvalue weighted by atomic mass is 32.1. The van der Waals surface area contributed by atoms with E-state index in [0.717, 1.165) is 48.8 Å². The summed E-state index contributed by atoms with van der Waals surface area (Å²) < 4.78 is 5.91. The zero-order valence-electron chi connectivity index (χ0n) is 15.7. The number of pyridine rings is 1. The molecule has 1 saturated heterocycles. The molecule has 1 aromatic carbocycles. The molecule has 1 aliphatic heterocycles. The molecule has 5 rings (SSSR count). The lowest BCUT2D eigenvalue weighted by molar-refractivity contribution is 0.0789. The molecule has 8 heteroatoms. The largest absolute Gasteiger partial charge is 0.292 e. The number of piperazine rings is 1. The van der Waals surface area contributed by atoms with Crippen LogP contribution in [0.2, 0.25) is 0 Å². The molecule has 0 radical (unpaired) electrons. The van der Waals surface area contributed by atoms with Crippen molar-refractivity contribution in [3.05, 3.63) is 58.4 Å². The molecule has 28 heavy (non-hydrogen) atoms. The average molecular weight is 411 g/mol. The molecule has 0 N–H and O–H groups in total. The van der Waals surface area contributed by atoms with Crippen molar-refractivity contribution < 1.29 is 0 Å². The molecule has 0 aliphatic carbocycles. The van der Waals surface area contributed by atoms with Gasteiger partial charge in [-0.2, -0.15) is 5.10 Å². The van der Waals surface area contributed by atoms with Crippen molar-refractivity contribution in [3.8, 4) is 0 Å². The third-order valence-corrected chi connectivity index (χ3v) is 7.06. The van der Waals surface area contributed by atoms with Gasteiger partial charge in [0.25, 0.3) is 0 Å². The Kier molecular flexibility index (Phi) is 4.72. The third-order valence-electron chi connectivity index (χ3n) is 5.44. The molecular weight excluding hydrogens is 388 g/mol. The van der Waals surface area contributed by atoms with Gasteiger partial charge in [0.2, 0.25) is 4.77 Å². The van der Waals surface area contributed by atoms with Crippen LogP contribution in [0.4, 0.5) is 0 Å². The fourth-order valence-electron chi connectivity index (χ4n) is 3.77. The van der Waals surface area contributed by atoms with Gasteiger partial charge in [0.1, 0.15) is 5.01 Å². The minimum Gasteiger partial charge on any atom is -0.292 e. The Hall–Kier alpha value is -2.13. The van der Waals surface area contributed by atoms with Gasteiger partial charge in [0.05, 0.1) is 22.9 Å². The van der Waals surface area contributed by atoms with E-state index >= 15 is 0 Å². The van der Waals surface area contributed by atoms with E-state index < -0.39 is 0 Å². The lowest BCUT2D eigenvalue weighted by Gasteiger charge is -2.37. The van der Waals surface area contributed by atoms with E-state index in [2.05, 4.69) is 46.1 Å². The molecule has 4 heterocycles. The summed E-state index contributed by atoms with van der Waals surface area (Å²) in [5.74, 6) is 0. The van der Waals surface area contributed by atoms with Crippen molar-refractivity contribution in [2.45, 2.75) is 19.6 Å². The van der Waals surface area contributed by atoms with Gasteiger partial charge in [-0.15, -0.1) is 11.3 Å².